The van der Waals surface area contributed by atoms with Gasteiger partial charge in [-0.05, 0) is 66.6 Å². The molecule has 0 aromatic heterocycles. The van der Waals surface area contributed by atoms with Gasteiger partial charge in [-0.2, -0.15) is 0 Å². The van der Waals surface area contributed by atoms with E-state index in [1.165, 1.54) is 6.07 Å². The molecule has 0 aliphatic carbocycles. The summed E-state index contributed by atoms with van der Waals surface area (Å²) in [5.41, 5.74) is 3.72. The van der Waals surface area contributed by atoms with Crippen LogP contribution in [0, 0.1) is 5.82 Å². The molecule has 0 fully saturated rings. The molecule has 0 atom stereocenters. The van der Waals surface area contributed by atoms with E-state index in [9.17, 15) is 9.18 Å². The number of hydrogen-bond acceptors (Lipinski definition) is 2. The van der Waals surface area contributed by atoms with Gasteiger partial charge in [-0.3, -0.25) is 4.79 Å². The Morgan fingerprint density at radius 2 is 1.77 bits per heavy atom. The lowest BCUT2D eigenvalue weighted by Gasteiger charge is -2.23. The molecule has 1 amide bonds. The van der Waals surface area contributed by atoms with Gasteiger partial charge in [0.05, 0.1) is 5.02 Å². The van der Waals surface area contributed by atoms with E-state index in [2.05, 4.69) is 5.32 Å². The van der Waals surface area contributed by atoms with Crippen LogP contribution in [0.3, 0.4) is 0 Å². The Hall–Kier alpha value is -2.40. The van der Waals surface area contributed by atoms with E-state index in [4.69, 9.17) is 23.2 Å². The number of benzene rings is 3. The van der Waals surface area contributed by atoms with Crippen LogP contribution < -0.4 is 10.2 Å². The van der Waals surface area contributed by atoms with Crippen molar-refractivity contribution in [1.29, 1.82) is 0 Å². The highest BCUT2D eigenvalue weighted by Crippen LogP contribution is 2.26. The number of carbonyl (C=O) groups excluding carboxylic acids is 1. The standard InChI is InChI=1S/C24H23Cl2FN2O/c1-28-13-14-29(24(30)12-6-17-5-11-23(27)22(26)15-17)21-9-7-18(8-10-21)19-3-2-4-20(25)16-19/h2-5,7-11,15-16,28H,6,12-14H2,1H3. The Morgan fingerprint density at radius 3 is 2.43 bits per heavy atom. The van der Waals surface area contributed by atoms with Crippen molar-refractivity contribution in [1.82, 2.24) is 5.32 Å². The highest BCUT2D eigenvalue weighted by Gasteiger charge is 2.16. The predicted molar refractivity (Wildman–Crippen MR) is 123 cm³/mol. The summed E-state index contributed by atoms with van der Waals surface area (Å²) in [6.45, 7) is 1.22. The molecule has 0 radical (unpaired) electrons. The Morgan fingerprint density at radius 1 is 1.00 bits per heavy atom. The van der Waals surface area contributed by atoms with Crippen LogP contribution in [0.25, 0.3) is 11.1 Å². The molecule has 6 heteroatoms. The number of nitrogens with zero attached hydrogens (tertiary/aromatic N) is 1. The van der Waals surface area contributed by atoms with E-state index < -0.39 is 5.82 Å². The monoisotopic (exact) mass is 444 g/mol. The van der Waals surface area contributed by atoms with Gasteiger partial charge < -0.3 is 10.2 Å². The molecule has 3 aromatic carbocycles. The van der Waals surface area contributed by atoms with Gasteiger partial charge in [-0.25, -0.2) is 4.39 Å². The first-order valence-corrected chi connectivity index (χ1v) is 10.5. The maximum absolute atomic E-state index is 13.3. The van der Waals surface area contributed by atoms with Crippen LogP contribution in [0.15, 0.2) is 66.7 Å². The van der Waals surface area contributed by atoms with Crippen molar-refractivity contribution < 1.29 is 9.18 Å². The van der Waals surface area contributed by atoms with Crippen LogP contribution in [0.4, 0.5) is 10.1 Å². The van der Waals surface area contributed by atoms with Crippen LogP contribution in [0.2, 0.25) is 10.0 Å². The molecular weight excluding hydrogens is 422 g/mol. The van der Waals surface area contributed by atoms with Gasteiger partial charge >= 0.3 is 0 Å². The van der Waals surface area contributed by atoms with Gasteiger partial charge in [-0.15, -0.1) is 0 Å². The summed E-state index contributed by atoms with van der Waals surface area (Å²) in [6.07, 6.45) is 0.803. The maximum atomic E-state index is 13.3. The molecule has 0 saturated carbocycles. The number of hydrogen-bond donors (Lipinski definition) is 1. The predicted octanol–water partition coefficient (Wildman–Crippen LogP) is 5.98. The number of aryl methyl sites for hydroxylation is 1. The minimum atomic E-state index is -0.456. The van der Waals surface area contributed by atoms with Crippen molar-refractivity contribution in [2.45, 2.75) is 12.8 Å². The van der Waals surface area contributed by atoms with Gasteiger partial charge in [0.25, 0.3) is 0 Å². The van der Waals surface area contributed by atoms with Crippen molar-refractivity contribution in [2.75, 3.05) is 25.0 Å². The normalized spacial score (nSPS) is 10.8. The average Bonchev–Trinajstić information content (AvgIpc) is 2.75. The Balaban J connectivity index is 1.74. The third-order valence-corrected chi connectivity index (χ3v) is 5.36. The molecule has 3 nitrogen and oxygen atoms in total. The SMILES string of the molecule is CNCCN(C(=O)CCc1ccc(F)c(Cl)c1)c1ccc(-c2cccc(Cl)c2)cc1. The lowest BCUT2D eigenvalue weighted by Crippen LogP contribution is -2.36. The summed E-state index contributed by atoms with van der Waals surface area (Å²) in [5, 5.41) is 3.84. The number of carbonyl (C=O) groups is 1. The first kappa shape index (κ1) is 22.3. The van der Waals surface area contributed by atoms with Crippen molar-refractivity contribution in [2.24, 2.45) is 0 Å². The minimum absolute atomic E-state index is 0.00111. The summed E-state index contributed by atoms with van der Waals surface area (Å²) in [4.78, 5) is 14.7. The Kier molecular flexibility index (Phi) is 7.86. The van der Waals surface area contributed by atoms with Crippen LogP contribution >= 0.6 is 23.2 Å². The molecule has 0 aliphatic rings. The van der Waals surface area contributed by atoms with Gasteiger partial charge in [0.1, 0.15) is 5.82 Å². The zero-order chi connectivity index (χ0) is 21.5. The lowest BCUT2D eigenvalue weighted by atomic mass is 10.0. The van der Waals surface area contributed by atoms with Crippen molar-refractivity contribution in [3.8, 4) is 11.1 Å². The number of halogens is 3. The summed E-state index contributed by atoms with van der Waals surface area (Å²) < 4.78 is 13.3. The van der Waals surface area contributed by atoms with E-state index in [-0.39, 0.29) is 10.9 Å². The molecule has 0 spiro atoms. The highest BCUT2D eigenvalue weighted by atomic mass is 35.5. The van der Waals surface area contributed by atoms with Gasteiger partial charge in [-0.1, -0.05) is 53.5 Å². The summed E-state index contributed by atoms with van der Waals surface area (Å²) in [7, 11) is 1.85. The molecule has 0 aliphatic heterocycles. The van der Waals surface area contributed by atoms with Crippen molar-refractivity contribution in [3.63, 3.8) is 0 Å². The largest absolute Gasteiger partial charge is 0.318 e. The lowest BCUT2D eigenvalue weighted by molar-refractivity contribution is -0.118. The zero-order valence-corrected chi connectivity index (χ0v) is 18.2. The number of likely N-dealkylation sites (N-methyl/N-ethyl adjacent to an activating group) is 1. The third kappa shape index (κ3) is 5.82. The number of nitrogens with one attached hydrogen (secondary N) is 1. The fourth-order valence-electron chi connectivity index (χ4n) is 3.20. The van der Waals surface area contributed by atoms with Crippen LogP contribution in [-0.4, -0.2) is 26.0 Å². The molecule has 0 saturated heterocycles. The van der Waals surface area contributed by atoms with E-state index >= 15 is 0 Å². The Labute approximate surface area is 186 Å². The van der Waals surface area contributed by atoms with Crippen molar-refractivity contribution >= 4 is 34.8 Å². The molecule has 0 bridgehead atoms. The summed E-state index contributed by atoms with van der Waals surface area (Å²) in [6, 6.07) is 20.1. The van der Waals surface area contributed by atoms with E-state index in [0.717, 1.165) is 22.4 Å². The van der Waals surface area contributed by atoms with Crippen LogP contribution in [-0.2, 0) is 11.2 Å². The molecule has 3 rings (SSSR count). The maximum Gasteiger partial charge on any atom is 0.227 e. The average molecular weight is 445 g/mol. The first-order valence-electron chi connectivity index (χ1n) is 9.73. The fourth-order valence-corrected chi connectivity index (χ4v) is 3.60. The molecule has 1 N–H and O–H groups in total. The smallest absolute Gasteiger partial charge is 0.227 e. The van der Waals surface area contributed by atoms with Gasteiger partial charge in [0.15, 0.2) is 0 Å². The number of rotatable bonds is 8. The van der Waals surface area contributed by atoms with Crippen molar-refractivity contribution in [3.05, 3.63) is 88.2 Å². The minimum Gasteiger partial charge on any atom is -0.318 e. The second kappa shape index (κ2) is 10.6. The molecule has 3 aromatic rings. The molecule has 30 heavy (non-hydrogen) atoms. The Bertz CT molecular complexity index is 1010. The first-order chi connectivity index (χ1) is 14.5. The molecule has 156 valence electrons. The third-order valence-electron chi connectivity index (χ3n) is 4.83. The topological polar surface area (TPSA) is 32.3 Å². The number of amides is 1. The molecular formula is C24H23Cl2FN2O. The van der Waals surface area contributed by atoms with Crippen LogP contribution in [0.5, 0.6) is 0 Å². The fraction of sp³-hybridized carbons (Fsp3) is 0.208. The quantitative estimate of drug-likeness (QED) is 0.462. The van der Waals surface area contributed by atoms with E-state index in [1.807, 2.05) is 55.6 Å². The van der Waals surface area contributed by atoms with Gasteiger partial charge in [0.2, 0.25) is 5.91 Å². The van der Waals surface area contributed by atoms with Gasteiger partial charge in [0, 0.05) is 30.2 Å². The van der Waals surface area contributed by atoms with E-state index in [1.54, 1.807) is 17.0 Å². The second-order valence-corrected chi connectivity index (χ2v) is 7.80. The zero-order valence-electron chi connectivity index (χ0n) is 16.7. The summed E-state index contributed by atoms with van der Waals surface area (Å²) in [5.74, 6) is -0.455. The molecule has 0 unspecified atom stereocenters. The second-order valence-electron chi connectivity index (χ2n) is 6.95. The molecule has 0 heterocycles. The highest BCUT2D eigenvalue weighted by molar-refractivity contribution is 6.31. The van der Waals surface area contributed by atoms with Crippen LogP contribution in [0.1, 0.15) is 12.0 Å². The summed E-state index contributed by atoms with van der Waals surface area (Å²) >= 11 is 11.9. The number of anilines is 1. The van der Waals surface area contributed by atoms with E-state index in [0.29, 0.717) is 31.0 Å².